The molecule has 2 amide bonds. The van der Waals surface area contributed by atoms with Crippen molar-refractivity contribution in [3.63, 3.8) is 0 Å². The first kappa shape index (κ1) is 23.5. The highest BCUT2D eigenvalue weighted by Gasteiger charge is 2.28. The third kappa shape index (κ3) is 6.61. The van der Waals surface area contributed by atoms with E-state index in [1.165, 1.54) is 12.8 Å². The molecule has 2 fully saturated rings. The third-order valence-electron chi connectivity index (χ3n) is 5.79. The number of amides is 2. The number of hydrogen-bond donors (Lipinski definition) is 3. The average Bonchev–Trinajstić information content (AvgIpc) is 3.22. The summed E-state index contributed by atoms with van der Waals surface area (Å²) in [6, 6.07) is 7.87. The maximum atomic E-state index is 12.9. The topological polar surface area (TPSA) is 73.5 Å². The van der Waals surface area contributed by atoms with Gasteiger partial charge >= 0.3 is 0 Å². The van der Waals surface area contributed by atoms with E-state index in [9.17, 15) is 9.59 Å². The van der Waals surface area contributed by atoms with Crippen LogP contribution in [0, 0.1) is 5.92 Å². The Morgan fingerprint density at radius 3 is 2.72 bits per heavy atom. The molecule has 0 saturated carbocycles. The van der Waals surface area contributed by atoms with Crippen molar-refractivity contribution >= 4 is 35.6 Å². The fourth-order valence-corrected chi connectivity index (χ4v) is 4.20. The maximum absolute atomic E-state index is 12.9. The Labute approximate surface area is 180 Å². The van der Waals surface area contributed by atoms with Crippen LogP contribution in [0.1, 0.15) is 52.4 Å². The molecular weight excluding hydrogens is 388 g/mol. The van der Waals surface area contributed by atoms with Gasteiger partial charge in [-0.05, 0) is 63.8 Å². The first-order valence-corrected chi connectivity index (χ1v) is 10.8. The van der Waals surface area contributed by atoms with E-state index in [2.05, 4.69) is 33.8 Å². The monoisotopic (exact) mass is 422 g/mol. The molecule has 0 bridgehead atoms. The van der Waals surface area contributed by atoms with Crippen molar-refractivity contribution in [3.05, 3.63) is 24.3 Å². The van der Waals surface area contributed by atoms with Crippen molar-refractivity contribution in [2.45, 2.75) is 64.5 Å². The van der Waals surface area contributed by atoms with Gasteiger partial charge in [-0.25, -0.2) is 0 Å². The van der Waals surface area contributed by atoms with Crippen LogP contribution in [0.3, 0.4) is 0 Å². The summed E-state index contributed by atoms with van der Waals surface area (Å²) in [5.41, 5.74) is 1.94. The van der Waals surface area contributed by atoms with E-state index in [4.69, 9.17) is 0 Å². The van der Waals surface area contributed by atoms with E-state index in [-0.39, 0.29) is 30.1 Å². The van der Waals surface area contributed by atoms with Crippen LogP contribution < -0.4 is 20.9 Å². The fourth-order valence-electron chi connectivity index (χ4n) is 4.20. The number of nitrogens with one attached hydrogen (secondary N) is 3. The number of hydrogen-bond acceptors (Lipinski definition) is 4. The Bertz CT molecular complexity index is 679. The molecule has 7 heteroatoms. The van der Waals surface area contributed by atoms with Crippen LogP contribution >= 0.6 is 12.4 Å². The highest BCUT2D eigenvalue weighted by Crippen LogP contribution is 2.23. The molecule has 1 unspecified atom stereocenters. The van der Waals surface area contributed by atoms with Crippen LogP contribution in [0.15, 0.2) is 24.3 Å². The van der Waals surface area contributed by atoms with Gasteiger partial charge in [-0.2, -0.15) is 0 Å². The van der Waals surface area contributed by atoms with E-state index in [0.29, 0.717) is 12.5 Å². The molecule has 2 aliphatic heterocycles. The van der Waals surface area contributed by atoms with Gasteiger partial charge in [0.05, 0.1) is 0 Å². The summed E-state index contributed by atoms with van der Waals surface area (Å²) < 4.78 is 0. The van der Waals surface area contributed by atoms with Crippen LogP contribution in [0.5, 0.6) is 0 Å². The summed E-state index contributed by atoms with van der Waals surface area (Å²) in [5.74, 6) is -0.134. The van der Waals surface area contributed by atoms with Crippen molar-refractivity contribution < 1.29 is 9.59 Å². The molecule has 0 radical (unpaired) electrons. The molecule has 162 valence electrons. The maximum Gasteiger partial charge on any atom is 0.246 e. The number of carbonyl (C=O) groups excluding carboxylic acids is 2. The Balaban J connectivity index is 0.00000300. The Hall–Kier alpha value is -1.79. The quantitative estimate of drug-likeness (QED) is 0.630. The van der Waals surface area contributed by atoms with Crippen molar-refractivity contribution in [2.75, 3.05) is 29.9 Å². The van der Waals surface area contributed by atoms with Crippen LogP contribution in [0.4, 0.5) is 11.4 Å². The molecule has 0 aliphatic carbocycles. The Morgan fingerprint density at radius 2 is 2.03 bits per heavy atom. The number of piperidine rings is 1. The summed E-state index contributed by atoms with van der Waals surface area (Å²) in [4.78, 5) is 27.9. The van der Waals surface area contributed by atoms with Crippen LogP contribution in [-0.4, -0.2) is 43.5 Å². The molecule has 0 spiro atoms. The first-order chi connectivity index (χ1) is 13.6. The van der Waals surface area contributed by atoms with Gasteiger partial charge in [-0.3, -0.25) is 9.59 Å². The molecule has 2 saturated heterocycles. The van der Waals surface area contributed by atoms with Gasteiger partial charge in [0.2, 0.25) is 11.8 Å². The van der Waals surface area contributed by atoms with Gasteiger partial charge in [0.25, 0.3) is 0 Å². The minimum absolute atomic E-state index is 0. The lowest BCUT2D eigenvalue weighted by Gasteiger charge is -2.28. The fraction of sp³-hybridized carbons (Fsp3) is 0.636. The molecule has 29 heavy (non-hydrogen) atoms. The number of benzene rings is 1. The molecule has 3 atom stereocenters. The summed E-state index contributed by atoms with van der Waals surface area (Å²) >= 11 is 0. The van der Waals surface area contributed by atoms with E-state index in [1.807, 2.05) is 25.1 Å². The molecule has 0 aromatic heterocycles. The molecule has 2 aliphatic rings. The summed E-state index contributed by atoms with van der Waals surface area (Å²) in [6.07, 6.45) is 5.57. The SMILES string of the molecule is CCCC(NC(=O)[C@H]1CCN[C@@H](C)C1)C(=O)Nc1cccc(N2CCCC2)c1.Cl. The molecule has 1 aromatic rings. The normalized spacial score (nSPS) is 22.5. The molecule has 3 N–H and O–H groups in total. The summed E-state index contributed by atoms with van der Waals surface area (Å²) in [5, 5.41) is 9.39. The van der Waals surface area contributed by atoms with Gasteiger partial charge in [0.15, 0.2) is 0 Å². The first-order valence-electron chi connectivity index (χ1n) is 10.8. The lowest BCUT2D eigenvalue weighted by atomic mass is 9.92. The van der Waals surface area contributed by atoms with Crippen molar-refractivity contribution in [3.8, 4) is 0 Å². The second-order valence-electron chi connectivity index (χ2n) is 8.16. The van der Waals surface area contributed by atoms with E-state index in [1.54, 1.807) is 0 Å². The van der Waals surface area contributed by atoms with Crippen LogP contribution in [0.2, 0.25) is 0 Å². The zero-order chi connectivity index (χ0) is 19.9. The molecule has 1 aromatic carbocycles. The van der Waals surface area contributed by atoms with Crippen LogP contribution in [-0.2, 0) is 9.59 Å². The molecule has 2 heterocycles. The second kappa shape index (κ2) is 11.4. The van der Waals surface area contributed by atoms with E-state index in [0.717, 1.165) is 50.3 Å². The number of carbonyl (C=O) groups is 2. The number of anilines is 2. The number of rotatable bonds is 7. The molecule has 3 rings (SSSR count). The van der Waals surface area contributed by atoms with E-state index >= 15 is 0 Å². The Kier molecular flexibility index (Phi) is 9.24. The largest absolute Gasteiger partial charge is 0.371 e. The molecule has 6 nitrogen and oxygen atoms in total. The highest BCUT2D eigenvalue weighted by atomic mass is 35.5. The zero-order valence-corrected chi connectivity index (χ0v) is 18.4. The minimum atomic E-state index is -0.488. The van der Waals surface area contributed by atoms with Crippen molar-refractivity contribution in [2.24, 2.45) is 5.92 Å². The highest BCUT2D eigenvalue weighted by molar-refractivity contribution is 5.97. The lowest BCUT2D eigenvalue weighted by Crippen LogP contribution is -2.49. The smallest absolute Gasteiger partial charge is 0.246 e. The molecular formula is C22H35ClN4O2. The van der Waals surface area contributed by atoms with Gasteiger partial charge in [-0.15, -0.1) is 12.4 Å². The predicted octanol–water partition coefficient (Wildman–Crippen LogP) is 3.32. The standard InChI is InChI=1S/C22H34N4O2.ClH/c1-3-7-20(25-21(27)17-10-11-23-16(2)14-17)22(28)24-18-8-6-9-19(15-18)26-12-4-5-13-26;/h6,8-9,15-17,20,23H,3-5,7,10-14H2,1-2H3,(H,24,28)(H,25,27);1H/t16-,17-,20?;/m0./s1. The minimum Gasteiger partial charge on any atom is -0.371 e. The number of nitrogens with zero attached hydrogens (tertiary/aromatic N) is 1. The Morgan fingerprint density at radius 1 is 1.28 bits per heavy atom. The summed E-state index contributed by atoms with van der Waals surface area (Å²) in [6.45, 7) is 7.13. The van der Waals surface area contributed by atoms with Gasteiger partial charge < -0.3 is 20.9 Å². The van der Waals surface area contributed by atoms with Crippen LogP contribution in [0.25, 0.3) is 0 Å². The van der Waals surface area contributed by atoms with Crippen molar-refractivity contribution in [1.29, 1.82) is 0 Å². The predicted molar refractivity (Wildman–Crippen MR) is 121 cm³/mol. The average molecular weight is 423 g/mol. The van der Waals surface area contributed by atoms with Crippen molar-refractivity contribution in [1.82, 2.24) is 10.6 Å². The van der Waals surface area contributed by atoms with E-state index < -0.39 is 6.04 Å². The van der Waals surface area contributed by atoms with Gasteiger partial charge in [0.1, 0.15) is 6.04 Å². The lowest BCUT2D eigenvalue weighted by molar-refractivity contribution is -0.130. The van der Waals surface area contributed by atoms with Gasteiger partial charge in [0, 0.05) is 36.4 Å². The third-order valence-corrected chi connectivity index (χ3v) is 5.79. The number of halogens is 1. The summed E-state index contributed by atoms with van der Waals surface area (Å²) in [7, 11) is 0. The second-order valence-corrected chi connectivity index (χ2v) is 8.16. The zero-order valence-electron chi connectivity index (χ0n) is 17.6. The van der Waals surface area contributed by atoms with Gasteiger partial charge in [-0.1, -0.05) is 19.4 Å².